The molecule has 0 saturated heterocycles. The van der Waals surface area contributed by atoms with Crippen LogP contribution in [0.5, 0.6) is 0 Å². The van der Waals surface area contributed by atoms with E-state index >= 15 is 0 Å². The van der Waals surface area contributed by atoms with Gasteiger partial charge in [0.15, 0.2) is 0 Å². The Balaban J connectivity index is 4.22. The molecule has 0 bridgehead atoms. The van der Waals surface area contributed by atoms with Crippen LogP contribution in [-0.2, 0) is 0 Å². The molecule has 0 aromatic heterocycles. The molecule has 0 amide bonds. The zero-order valence-electron chi connectivity index (χ0n) is 10.8. The molecule has 0 unspecified atom stereocenters. The first-order chi connectivity index (χ1) is 6.01. The third-order valence-corrected chi connectivity index (χ3v) is 13.6. The van der Waals surface area contributed by atoms with Gasteiger partial charge in [-0.05, 0) is 0 Å². The molecule has 0 aliphatic carbocycles. The van der Waals surface area contributed by atoms with E-state index in [1.54, 1.807) is 0 Å². The third-order valence-electron chi connectivity index (χ3n) is 1.99. The summed E-state index contributed by atoms with van der Waals surface area (Å²) < 4.78 is 17.5. The Morgan fingerprint density at radius 1 is 0.714 bits per heavy atom. The van der Waals surface area contributed by atoms with Crippen molar-refractivity contribution in [2.45, 2.75) is 34.9 Å². The van der Waals surface area contributed by atoms with Gasteiger partial charge in [0.1, 0.15) is 0 Å². The Bertz CT molecular complexity index is 200. The summed E-state index contributed by atoms with van der Waals surface area (Å²) in [7, 11) is 0. The Kier molecular flexibility index (Phi) is 6.12. The zero-order valence-corrected chi connectivity index (χ0v) is 18.6. The van der Waals surface area contributed by atoms with Crippen LogP contribution in [0.3, 0.4) is 0 Å². The molecule has 2 heteroatoms. The molecular formula is C12H26Pb2. The molecule has 0 fully saturated rings. The van der Waals surface area contributed by atoms with Crippen LogP contribution in [0.25, 0.3) is 0 Å². The SMILES string of the molecule is C=C([CH2][Pb]([CH3])([CH3])[CH3])C(=C)[CH2][Pb]([CH3])([CH3])[CH3]. The second-order valence-electron chi connectivity index (χ2n) is 6.68. The molecule has 0 radical (unpaired) electrons. The van der Waals surface area contributed by atoms with E-state index in [9.17, 15) is 0 Å². The molecule has 14 heavy (non-hydrogen) atoms. The molecule has 82 valence electrons. The van der Waals surface area contributed by atoms with Gasteiger partial charge in [-0.3, -0.25) is 0 Å². The van der Waals surface area contributed by atoms with E-state index in [2.05, 4.69) is 40.1 Å². The van der Waals surface area contributed by atoms with Gasteiger partial charge in [-0.15, -0.1) is 0 Å². The fraction of sp³-hybridized carbons (Fsp3) is 0.667. The predicted molar refractivity (Wildman–Crippen MR) is 74.6 cm³/mol. The van der Waals surface area contributed by atoms with Crippen molar-refractivity contribution in [2.75, 3.05) is 0 Å². The number of rotatable bonds is 5. The summed E-state index contributed by atoms with van der Waals surface area (Å²) >= 11 is -3.59. The summed E-state index contributed by atoms with van der Waals surface area (Å²) in [5.41, 5.74) is 2.74. The van der Waals surface area contributed by atoms with E-state index < -0.39 is 42.3 Å². The first-order valence-corrected chi connectivity index (χ1v) is 34.2. The van der Waals surface area contributed by atoms with Crippen molar-refractivity contribution in [3.8, 4) is 0 Å². The van der Waals surface area contributed by atoms with Crippen molar-refractivity contribution in [2.24, 2.45) is 0 Å². The number of hydrogen-bond donors (Lipinski definition) is 0. The monoisotopic (exact) mass is 586 g/mol. The van der Waals surface area contributed by atoms with E-state index in [1.807, 2.05) is 0 Å². The van der Waals surface area contributed by atoms with E-state index in [-0.39, 0.29) is 0 Å². The molecule has 0 aromatic rings. The molecule has 0 rings (SSSR count). The van der Waals surface area contributed by atoms with Crippen molar-refractivity contribution >= 4 is 42.3 Å². The number of hydrogen-bond acceptors (Lipinski definition) is 0. The van der Waals surface area contributed by atoms with Crippen molar-refractivity contribution in [3.05, 3.63) is 24.3 Å². The molecular weight excluding hydrogens is 559 g/mol. The molecule has 0 aromatic carbocycles. The average molecular weight is 585 g/mol. The molecule has 0 heterocycles. The van der Waals surface area contributed by atoms with Crippen LogP contribution in [0, 0.1) is 0 Å². The molecule has 0 aliphatic rings. The third kappa shape index (κ3) is 8.62. The van der Waals surface area contributed by atoms with Gasteiger partial charge < -0.3 is 0 Å². The van der Waals surface area contributed by atoms with Crippen LogP contribution in [-0.4, -0.2) is 42.3 Å². The summed E-state index contributed by atoms with van der Waals surface area (Å²) in [6.45, 7) is 8.43. The topological polar surface area (TPSA) is 0 Å². The van der Waals surface area contributed by atoms with Crippen molar-refractivity contribution in [1.29, 1.82) is 0 Å². The van der Waals surface area contributed by atoms with Gasteiger partial charge in [-0.2, -0.15) is 0 Å². The molecule has 0 spiro atoms. The molecule has 0 nitrogen and oxygen atoms in total. The molecule has 0 saturated carbocycles. The minimum atomic E-state index is -1.80. The van der Waals surface area contributed by atoms with Crippen molar-refractivity contribution in [3.63, 3.8) is 0 Å². The predicted octanol–water partition coefficient (Wildman–Crippen LogP) is 4.78. The van der Waals surface area contributed by atoms with Gasteiger partial charge in [0.2, 0.25) is 0 Å². The van der Waals surface area contributed by atoms with Crippen LogP contribution >= 0.6 is 0 Å². The Labute approximate surface area is 100 Å². The normalized spacial score (nSPS) is 12.7. The summed E-state index contributed by atoms with van der Waals surface area (Å²) in [5, 5.41) is 0. The van der Waals surface area contributed by atoms with Gasteiger partial charge in [-0.25, -0.2) is 0 Å². The second kappa shape index (κ2) is 5.59. The van der Waals surface area contributed by atoms with Gasteiger partial charge in [0, 0.05) is 0 Å². The number of allylic oxidation sites excluding steroid dienone is 2. The van der Waals surface area contributed by atoms with Crippen molar-refractivity contribution < 1.29 is 0 Å². The average Bonchev–Trinajstić information content (AvgIpc) is 1.78. The quantitative estimate of drug-likeness (QED) is 0.323. The summed E-state index contributed by atoms with van der Waals surface area (Å²) in [5.74, 6) is 0. The molecule has 0 atom stereocenters. The first kappa shape index (κ1) is 15.3. The van der Waals surface area contributed by atoms with E-state index in [4.69, 9.17) is 0 Å². The maximum absolute atomic E-state index is 4.22. The summed E-state index contributed by atoms with van der Waals surface area (Å²) in [6.07, 6.45) is 0. The molecule has 0 aliphatic heterocycles. The van der Waals surface area contributed by atoms with Crippen LogP contribution in [0.4, 0.5) is 0 Å². The fourth-order valence-electron chi connectivity index (χ4n) is 1.53. The Morgan fingerprint density at radius 3 is 1.07 bits per heavy atom. The zero-order chi connectivity index (χ0) is 11.6. The van der Waals surface area contributed by atoms with Crippen LogP contribution < -0.4 is 0 Å². The fourth-order valence-corrected chi connectivity index (χ4v) is 13.4. The minimum absolute atomic E-state index is 1.30. The van der Waals surface area contributed by atoms with E-state index in [0.717, 1.165) is 0 Å². The molecule has 0 N–H and O–H groups in total. The van der Waals surface area contributed by atoms with Gasteiger partial charge >= 0.3 is 102 Å². The van der Waals surface area contributed by atoms with Crippen molar-refractivity contribution in [1.82, 2.24) is 0 Å². The van der Waals surface area contributed by atoms with Gasteiger partial charge in [0.25, 0.3) is 0 Å². The van der Waals surface area contributed by atoms with Crippen LogP contribution in [0.2, 0.25) is 34.9 Å². The van der Waals surface area contributed by atoms with E-state index in [1.165, 1.54) is 19.1 Å². The maximum atomic E-state index is 4.22. The first-order valence-electron chi connectivity index (χ1n) is 5.37. The summed E-state index contributed by atoms with van der Waals surface area (Å²) in [4.78, 5) is 0. The second-order valence-corrected chi connectivity index (χ2v) is 49.2. The Morgan fingerprint density at radius 2 is 0.929 bits per heavy atom. The summed E-state index contributed by atoms with van der Waals surface area (Å²) in [6, 6.07) is 0. The van der Waals surface area contributed by atoms with Gasteiger partial charge in [-0.1, -0.05) is 0 Å². The van der Waals surface area contributed by atoms with Gasteiger partial charge in [0.05, 0.1) is 0 Å². The van der Waals surface area contributed by atoms with E-state index in [0.29, 0.717) is 0 Å². The standard InChI is InChI=1S/C6H8.6CH3.2Pb/c1-5(2)6(3)4;;;;;;;;/h1-4H2;6*1H3;;. The van der Waals surface area contributed by atoms with Crippen LogP contribution in [0.15, 0.2) is 24.3 Å². The Hall–Kier alpha value is 1.32. The van der Waals surface area contributed by atoms with Crippen LogP contribution in [0.1, 0.15) is 0 Å².